The Morgan fingerprint density at radius 3 is 2.70 bits per heavy atom. The number of nitrogens with zero attached hydrogens (tertiary/aromatic N) is 1. The predicted molar refractivity (Wildman–Crippen MR) is 73.0 cm³/mol. The van der Waals surface area contributed by atoms with E-state index in [1.54, 1.807) is 4.90 Å². The molecule has 1 aliphatic heterocycles. The molecule has 3 nitrogen and oxygen atoms in total. The van der Waals surface area contributed by atoms with E-state index in [9.17, 15) is 13.2 Å². The van der Waals surface area contributed by atoms with E-state index in [0.29, 0.717) is 0 Å². The molecule has 2 unspecified atom stereocenters. The number of alkyl halides is 3. The number of nitrogens with two attached hydrogens (primary N) is 1. The highest BCUT2D eigenvalue weighted by atomic mass is 19.4. The summed E-state index contributed by atoms with van der Waals surface area (Å²) in [5.74, 6) is -2.75. The maximum absolute atomic E-state index is 13.0. The summed E-state index contributed by atoms with van der Waals surface area (Å²) in [4.78, 5) is 1.72. The zero-order chi connectivity index (χ0) is 14.9. The fraction of sp³-hybridized carbons (Fsp3) is 0.500. The number of fused-ring (bicyclic) bond motifs is 1. The molecule has 6 heteroatoms. The van der Waals surface area contributed by atoms with Crippen LogP contribution in [0, 0.1) is 11.3 Å². The van der Waals surface area contributed by atoms with Gasteiger partial charge < -0.3 is 10.6 Å². The normalized spacial score (nSPS) is 20.4. The molecule has 0 aliphatic carbocycles. The summed E-state index contributed by atoms with van der Waals surface area (Å²) < 4.78 is 38.9. The van der Waals surface area contributed by atoms with Crippen molar-refractivity contribution in [2.24, 2.45) is 11.7 Å². The van der Waals surface area contributed by atoms with Crippen molar-refractivity contribution < 1.29 is 13.2 Å². The molecule has 1 aliphatic rings. The van der Waals surface area contributed by atoms with E-state index in [2.05, 4.69) is 0 Å². The summed E-state index contributed by atoms with van der Waals surface area (Å²) in [6, 6.07) is 7.48. The van der Waals surface area contributed by atoms with Gasteiger partial charge in [0.2, 0.25) is 0 Å². The van der Waals surface area contributed by atoms with E-state index in [1.807, 2.05) is 31.2 Å². The van der Waals surface area contributed by atoms with Gasteiger partial charge in [0.25, 0.3) is 0 Å². The number of aryl methyl sites for hydroxylation is 1. The molecule has 0 bridgehead atoms. The van der Waals surface area contributed by atoms with Gasteiger partial charge in [-0.2, -0.15) is 13.2 Å². The van der Waals surface area contributed by atoms with Crippen molar-refractivity contribution >= 4 is 11.5 Å². The van der Waals surface area contributed by atoms with E-state index < -0.39 is 17.9 Å². The minimum Gasteiger partial charge on any atom is -0.387 e. The number of para-hydroxylation sites is 1. The van der Waals surface area contributed by atoms with Crippen LogP contribution in [0.4, 0.5) is 18.9 Å². The van der Waals surface area contributed by atoms with Gasteiger partial charge in [0.15, 0.2) is 0 Å². The Hall–Kier alpha value is -1.72. The van der Waals surface area contributed by atoms with Gasteiger partial charge in [0.05, 0.1) is 0 Å². The van der Waals surface area contributed by atoms with Crippen LogP contribution in [0.2, 0.25) is 0 Å². The Morgan fingerprint density at radius 1 is 1.45 bits per heavy atom. The first-order valence-electron chi connectivity index (χ1n) is 6.56. The fourth-order valence-corrected chi connectivity index (χ4v) is 2.61. The Kier molecular flexibility index (Phi) is 3.92. The van der Waals surface area contributed by atoms with E-state index >= 15 is 0 Å². The highest BCUT2D eigenvalue weighted by molar-refractivity contribution is 5.81. The van der Waals surface area contributed by atoms with Crippen molar-refractivity contribution in [1.29, 1.82) is 5.41 Å². The van der Waals surface area contributed by atoms with Crippen LogP contribution in [0.15, 0.2) is 24.3 Å². The third-order valence-electron chi connectivity index (χ3n) is 3.81. The van der Waals surface area contributed by atoms with Crippen molar-refractivity contribution in [2.75, 3.05) is 11.4 Å². The molecule has 1 aromatic carbocycles. The highest BCUT2D eigenvalue weighted by Gasteiger charge is 2.44. The first kappa shape index (κ1) is 14.7. The lowest BCUT2D eigenvalue weighted by Gasteiger charge is -2.39. The van der Waals surface area contributed by atoms with Gasteiger partial charge in [0, 0.05) is 18.3 Å². The molecule has 1 heterocycles. The molecule has 0 amide bonds. The van der Waals surface area contributed by atoms with Crippen molar-refractivity contribution in [3.63, 3.8) is 0 Å². The zero-order valence-corrected chi connectivity index (χ0v) is 11.2. The number of halogens is 3. The summed E-state index contributed by atoms with van der Waals surface area (Å²) in [6.45, 7) is 1.61. The van der Waals surface area contributed by atoms with Crippen LogP contribution < -0.4 is 10.6 Å². The second-order valence-corrected chi connectivity index (χ2v) is 5.22. The van der Waals surface area contributed by atoms with Crippen LogP contribution in [0.5, 0.6) is 0 Å². The summed E-state index contributed by atoms with van der Waals surface area (Å²) in [5.41, 5.74) is 7.01. The van der Waals surface area contributed by atoms with Gasteiger partial charge in [0.1, 0.15) is 11.8 Å². The molecular weight excluding hydrogens is 267 g/mol. The van der Waals surface area contributed by atoms with Crippen LogP contribution in [-0.2, 0) is 6.42 Å². The molecule has 20 heavy (non-hydrogen) atoms. The van der Waals surface area contributed by atoms with E-state index in [-0.39, 0.29) is 12.6 Å². The van der Waals surface area contributed by atoms with Crippen molar-refractivity contribution in [2.45, 2.75) is 32.0 Å². The minimum atomic E-state index is -4.49. The first-order chi connectivity index (χ1) is 9.30. The quantitative estimate of drug-likeness (QED) is 0.662. The molecule has 110 valence electrons. The van der Waals surface area contributed by atoms with Gasteiger partial charge >= 0.3 is 6.18 Å². The SMILES string of the molecule is CC1CCc2ccccc2N1CC(C(=N)N)C(F)(F)F. The number of anilines is 1. The minimum absolute atomic E-state index is 0.00843. The lowest BCUT2D eigenvalue weighted by molar-refractivity contribution is -0.153. The highest BCUT2D eigenvalue weighted by Crippen LogP contribution is 2.34. The van der Waals surface area contributed by atoms with Gasteiger partial charge in [-0.15, -0.1) is 0 Å². The number of benzene rings is 1. The summed E-state index contributed by atoms with van der Waals surface area (Å²) in [5, 5.41) is 7.21. The lowest BCUT2D eigenvalue weighted by Crippen LogP contribution is -2.48. The molecule has 2 rings (SSSR count). The number of hydrogen-bond donors (Lipinski definition) is 2. The van der Waals surface area contributed by atoms with Crippen LogP contribution in [0.1, 0.15) is 18.9 Å². The van der Waals surface area contributed by atoms with Gasteiger partial charge in [-0.05, 0) is 31.4 Å². The molecule has 0 saturated carbocycles. The average Bonchev–Trinajstić information content (AvgIpc) is 2.35. The van der Waals surface area contributed by atoms with E-state index in [0.717, 1.165) is 24.1 Å². The first-order valence-corrected chi connectivity index (χ1v) is 6.56. The largest absolute Gasteiger partial charge is 0.400 e. The van der Waals surface area contributed by atoms with E-state index in [1.165, 1.54) is 0 Å². The standard InChI is InChI=1S/C14H18F3N3/c1-9-6-7-10-4-2-3-5-12(10)20(9)8-11(13(18)19)14(15,16)17/h2-5,9,11H,6-8H2,1H3,(H3,18,19). The zero-order valence-electron chi connectivity index (χ0n) is 11.2. The second kappa shape index (κ2) is 5.34. The molecule has 0 radical (unpaired) electrons. The molecule has 0 spiro atoms. The predicted octanol–water partition coefficient (Wildman–Crippen LogP) is 2.94. The maximum Gasteiger partial charge on any atom is 0.400 e. The molecule has 0 fully saturated rings. The van der Waals surface area contributed by atoms with Gasteiger partial charge in [-0.1, -0.05) is 18.2 Å². The van der Waals surface area contributed by atoms with Crippen LogP contribution in [-0.4, -0.2) is 24.6 Å². The fourth-order valence-electron chi connectivity index (χ4n) is 2.61. The molecule has 0 aromatic heterocycles. The monoisotopic (exact) mass is 285 g/mol. The number of amidine groups is 1. The third-order valence-corrected chi connectivity index (χ3v) is 3.81. The molecule has 2 atom stereocenters. The molecule has 0 saturated heterocycles. The molecular formula is C14H18F3N3. The maximum atomic E-state index is 13.0. The Labute approximate surface area is 116 Å². The summed E-state index contributed by atoms with van der Waals surface area (Å²) in [7, 11) is 0. The van der Waals surface area contributed by atoms with E-state index in [4.69, 9.17) is 11.1 Å². The Balaban J connectivity index is 2.30. The lowest BCUT2D eigenvalue weighted by atomic mass is 9.94. The van der Waals surface area contributed by atoms with Crippen LogP contribution >= 0.6 is 0 Å². The topological polar surface area (TPSA) is 53.1 Å². The summed E-state index contributed by atoms with van der Waals surface area (Å²) in [6.07, 6.45) is -2.82. The summed E-state index contributed by atoms with van der Waals surface area (Å²) >= 11 is 0. The number of rotatable bonds is 3. The average molecular weight is 285 g/mol. The van der Waals surface area contributed by atoms with Crippen molar-refractivity contribution in [1.82, 2.24) is 0 Å². The Bertz CT molecular complexity index is 499. The van der Waals surface area contributed by atoms with Crippen molar-refractivity contribution in [3.05, 3.63) is 29.8 Å². The smallest absolute Gasteiger partial charge is 0.387 e. The van der Waals surface area contributed by atoms with Crippen LogP contribution in [0.3, 0.4) is 0 Å². The number of hydrogen-bond acceptors (Lipinski definition) is 2. The molecule has 3 N–H and O–H groups in total. The second-order valence-electron chi connectivity index (χ2n) is 5.22. The van der Waals surface area contributed by atoms with Gasteiger partial charge in [-0.3, -0.25) is 5.41 Å². The molecule has 1 aromatic rings. The van der Waals surface area contributed by atoms with Gasteiger partial charge in [-0.25, -0.2) is 0 Å². The van der Waals surface area contributed by atoms with Crippen molar-refractivity contribution in [3.8, 4) is 0 Å². The number of nitrogens with one attached hydrogen (secondary N) is 1. The third kappa shape index (κ3) is 2.89. The Morgan fingerprint density at radius 2 is 2.10 bits per heavy atom. The van der Waals surface area contributed by atoms with Crippen LogP contribution in [0.25, 0.3) is 0 Å².